The number of pyridine rings is 1. The number of aryl methyl sites for hydroxylation is 1. The first kappa shape index (κ1) is 17.8. The average Bonchev–Trinajstić information content (AvgIpc) is 2.87. The molecule has 2 rings (SSSR count). The summed E-state index contributed by atoms with van der Waals surface area (Å²) in [7, 11) is -3.73. The normalized spacial score (nSPS) is 15.2. The van der Waals surface area contributed by atoms with E-state index in [1.165, 1.54) is 6.20 Å². The zero-order valence-electron chi connectivity index (χ0n) is 14.0. The van der Waals surface area contributed by atoms with Gasteiger partial charge in [0, 0.05) is 12.1 Å². The van der Waals surface area contributed by atoms with Crippen LogP contribution >= 0.6 is 0 Å². The van der Waals surface area contributed by atoms with Crippen LogP contribution in [0.2, 0.25) is 0 Å². The van der Waals surface area contributed by atoms with Crippen LogP contribution in [0.1, 0.15) is 39.8 Å². The number of nitrogens with two attached hydrogens (primary N) is 1. The lowest BCUT2D eigenvalue weighted by atomic mass is 9.92. The molecular formula is C15H24N4O3S. The molecule has 7 nitrogen and oxygen atoms in total. The first-order valence-corrected chi connectivity index (χ1v) is 9.17. The van der Waals surface area contributed by atoms with Gasteiger partial charge in [-0.3, -0.25) is 0 Å². The van der Waals surface area contributed by atoms with E-state index in [9.17, 15) is 8.42 Å². The minimum atomic E-state index is -3.73. The van der Waals surface area contributed by atoms with Crippen molar-refractivity contribution in [3.8, 4) is 0 Å². The van der Waals surface area contributed by atoms with E-state index < -0.39 is 15.6 Å². The Kier molecular flexibility index (Phi) is 5.07. The van der Waals surface area contributed by atoms with Gasteiger partial charge in [-0.15, -0.1) is 0 Å². The number of fused-ring (bicyclic) bond motifs is 1. The third kappa shape index (κ3) is 3.88. The Balaban J connectivity index is 2.39. The highest BCUT2D eigenvalue weighted by molar-refractivity contribution is 7.89. The van der Waals surface area contributed by atoms with Crippen LogP contribution in [0.3, 0.4) is 0 Å². The summed E-state index contributed by atoms with van der Waals surface area (Å²) in [4.78, 5) is 4.14. The Bertz CT molecular complexity index is 785. The standard InChI is InChI=1S/C15H24N4O3S/c1-5-13-12-6-11(8-17-14(12)22-18-13)23(20,21)19-15(4,9-16)7-10(2)3/h6,8,10,19H,5,7,9,16H2,1-4H3. The van der Waals surface area contributed by atoms with E-state index in [0.717, 1.165) is 0 Å². The smallest absolute Gasteiger partial charge is 0.258 e. The number of rotatable bonds is 7. The van der Waals surface area contributed by atoms with Gasteiger partial charge in [-0.1, -0.05) is 25.9 Å². The molecule has 0 bridgehead atoms. The summed E-state index contributed by atoms with van der Waals surface area (Å²) in [6, 6.07) is 1.55. The lowest BCUT2D eigenvalue weighted by Gasteiger charge is -2.30. The summed E-state index contributed by atoms with van der Waals surface area (Å²) in [5, 5.41) is 4.51. The quantitative estimate of drug-likeness (QED) is 0.795. The topological polar surface area (TPSA) is 111 Å². The molecule has 1 atom stereocenters. The Morgan fingerprint density at radius 2 is 2.13 bits per heavy atom. The first-order chi connectivity index (χ1) is 10.7. The second kappa shape index (κ2) is 6.54. The van der Waals surface area contributed by atoms with Crippen LogP contribution in [-0.4, -0.2) is 30.6 Å². The van der Waals surface area contributed by atoms with Crippen molar-refractivity contribution in [3.05, 3.63) is 18.0 Å². The Hall–Kier alpha value is -1.51. The number of sulfonamides is 1. The van der Waals surface area contributed by atoms with Gasteiger partial charge in [-0.2, -0.15) is 0 Å². The van der Waals surface area contributed by atoms with Crippen LogP contribution in [0.25, 0.3) is 11.1 Å². The predicted octanol–water partition coefficient (Wildman–Crippen LogP) is 1.83. The van der Waals surface area contributed by atoms with E-state index in [4.69, 9.17) is 10.3 Å². The lowest BCUT2D eigenvalue weighted by Crippen LogP contribution is -2.52. The fourth-order valence-corrected chi connectivity index (χ4v) is 4.11. The third-order valence-corrected chi connectivity index (χ3v) is 5.32. The van der Waals surface area contributed by atoms with Crippen molar-refractivity contribution in [2.45, 2.75) is 51.0 Å². The van der Waals surface area contributed by atoms with Crippen LogP contribution in [0.15, 0.2) is 21.7 Å². The Labute approximate surface area is 136 Å². The highest BCUT2D eigenvalue weighted by Gasteiger charge is 2.30. The summed E-state index contributed by atoms with van der Waals surface area (Å²) >= 11 is 0. The van der Waals surface area contributed by atoms with Gasteiger partial charge in [0.15, 0.2) is 0 Å². The SMILES string of the molecule is CCc1noc2ncc(S(=O)(=O)NC(C)(CN)CC(C)C)cc12. The molecule has 8 heteroatoms. The molecule has 2 aromatic heterocycles. The van der Waals surface area contributed by atoms with E-state index in [1.807, 2.05) is 27.7 Å². The van der Waals surface area contributed by atoms with Gasteiger partial charge >= 0.3 is 0 Å². The summed E-state index contributed by atoms with van der Waals surface area (Å²) in [5.74, 6) is 0.316. The minimum Gasteiger partial charge on any atom is -0.336 e. The maximum Gasteiger partial charge on any atom is 0.258 e. The van der Waals surface area contributed by atoms with Crippen molar-refractivity contribution in [1.82, 2.24) is 14.9 Å². The largest absolute Gasteiger partial charge is 0.336 e. The molecule has 3 N–H and O–H groups in total. The van der Waals surface area contributed by atoms with Crippen LogP contribution < -0.4 is 10.5 Å². The molecule has 128 valence electrons. The molecule has 23 heavy (non-hydrogen) atoms. The summed E-state index contributed by atoms with van der Waals surface area (Å²) in [6.45, 7) is 8.01. The van der Waals surface area contributed by atoms with Crippen molar-refractivity contribution in [2.24, 2.45) is 11.7 Å². The van der Waals surface area contributed by atoms with Crippen molar-refractivity contribution in [1.29, 1.82) is 0 Å². The van der Waals surface area contributed by atoms with Crippen LogP contribution in [0.5, 0.6) is 0 Å². The number of hydrogen-bond donors (Lipinski definition) is 2. The fraction of sp³-hybridized carbons (Fsp3) is 0.600. The van der Waals surface area contributed by atoms with Crippen molar-refractivity contribution in [2.75, 3.05) is 6.54 Å². The van der Waals surface area contributed by atoms with Crippen LogP contribution in [0, 0.1) is 5.92 Å². The minimum absolute atomic E-state index is 0.0892. The second-order valence-corrected chi connectivity index (χ2v) is 8.16. The lowest BCUT2D eigenvalue weighted by molar-refractivity contribution is 0.344. The second-order valence-electron chi connectivity index (χ2n) is 6.47. The molecule has 0 spiro atoms. The third-order valence-electron chi connectivity index (χ3n) is 3.71. The van der Waals surface area contributed by atoms with Crippen LogP contribution in [-0.2, 0) is 16.4 Å². The summed E-state index contributed by atoms with van der Waals surface area (Å²) in [5.41, 5.74) is 6.11. The van der Waals surface area contributed by atoms with Crippen molar-refractivity contribution < 1.29 is 12.9 Å². The van der Waals surface area contributed by atoms with E-state index in [0.29, 0.717) is 35.6 Å². The molecule has 0 aliphatic heterocycles. The molecule has 0 amide bonds. The van der Waals surface area contributed by atoms with Gasteiger partial charge < -0.3 is 10.3 Å². The van der Waals surface area contributed by atoms with Gasteiger partial charge in [0.1, 0.15) is 4.90 Å². The monoisotopic (exact) mass is 340 g/mol. The van der Waals surface area contributed by atoms with Gasteiger partial charge in [-0.25, -0.2) is 18.1 Å². The maximum atomic E-state index is 12.7. The van der Waals surface area contributed by atoms with Gasteiger partial charge in [-0.05, 0) is 31.7 Å². The fourth-order valence-electron chi connectivity index (χ4n) is 2.71. The van der Waals surface area contributed by atoms with E-state index in [-0.39, 0.29) is 11.4 Å². The van der Waals surface area contributed by atoms with Crippen LogP contribution in [0.4, 0.5) is 0 Å². The average molecular weight is 340 g/mol. The number of nitrogens with zero attached hydrogens (tertiary/aromatic N) is 2. The van der Waals surface area contributed by atoms with Crippen molar-refractivity contribution >= 4 is 21.1 Å². The molecule has 2 heterocycles. The Morgan fingerprint density at radius 1 is 1.43 bits per heavy atom. The molecule has 2 aromatic rings. The first-order valence-electron chi connectivity index (χ1n) is 7.69. The summed E-state index contributed by atoms with van der Waals surface area (Å²) in [6.07, 6.45) is 2.56. The highest BCUT2D eigenvalue weighted by atomic mass is 32.2. The molecule has 0 saturated heterocycles. The number of nitrogens with one attached hydrogen (secondary N) is 1. The molecule has 0 aliphatic rings. The zero-order chi connectivity index (χ0) is 17.3. The molecule has 0 aromatic carbocycles. The van der Waals surface area contributed by atoms with Gasteiger partial charge in [0.05, 0.1) is 17.3 Å². The highest BCUT2D eigenvalue weighted by Crippen LogP contribution is 2.23. The molecule has 0 aliphatic carbocycles. The molecule has 0 radical (unpaired) electrons. The summed E-state index contributed by atoms with van der Waals surface area (Å²) < 4.78 is 33.2. The zero-order valence-corrected chi connectivity index (χ0v) is 14.8. The van der Waals surface area contributed by atoms with Crippen molar-refractivity contribution in [3.63, 3.8) is 0 Å². The molecule has 0 fully saturated rings. The molecule has 0 saturated carbocycles. The number of hydrogen-bond acceptors (Lipinski definition) is 6. The Morgan fingerprint density at radius 3 is 2.70 bits per heavy atom. The van der Waals surface area contributed by atoms with E-state index in [2.05, 4.69) is 14.9 Å². The van der Waals surface area contributed by atoms with Gasteiger partial charge in [0.2, 0.25) is 10.0 Å². The number of aromatic nitrogens is 2. The van der Waals surface area contributed by atoms with E-state index >= 15 is 0 Å². The molecule has 1 unspecified atom stereocenters. The maximum absolute atomic E-state index is 12.7. The molecular weight excluding hydrogens is 316 g/mol. The predicted molar refractivity (Wildman–Crippen MR) is 88.4 cm³/mol. The van der Waals surface area contributed by atoms with Gasteiger partial charge in [0.25, 0.3) is 5.71 Å². The van der Waals surface area contributed by atoms with E-state index in [1.54, 1.807) is 6.07 Å².